The second kappa shape index (κ2) is 4.18. The molecule has 2 aromatic rings. The summed E-state index contributed by atoms with van der Waals surface area (Å²) >= 11 is 0. The monoisotopic (exact) mass is 220 g/mol. The first-order valence-corrected chi connectivity index (χ1v) is 4.77. The maximum atomic E-state index is 9.53. The Morgan fingerprint density at radius 3 is 2.19 bits per heavy atom. The Morgan fingerprint density at radius 1 is 1.00 bits per heavy atom. The average molecular weight is 220 g/mol. The van der Waals surface area contributed by atoms with Gasteiger partial charge in [0, 0.05) is 5.56 Å². The number of hydrogen-bond donors (Lipinski definition) is 1. The van der Waals surface area contributed by atoms with E-state index in [0.717, 1.165) is 5.56 Å². The van der Waals surface area contributed by atoms with Crippen LogP contribution >= 0.6 is 0 Å². The third kappa shape index (κ3) is 1.58. The normalized spacial score (nSPS) is 10.1. The van der Waals surface area contributed by atoms with Crippen LogP contribution in [0, 0.1) is 0 Å². The number of benzene rings is 1. The third-order valence-electron chi connectivity index (χ3n) is 2.25. The number of rotatable bonds is 3. The molecule has 0 bridgehead atoms. The topological polar surface area (TPSA) is 51.8 Å². The summed E-state index contributed by atoms with van der Waals surface area (Å²) in [7, 11) is 2.95. The van der Waals surface area contributed by atoms with Gasteiger partial charge in [0.25, 0.3) is 0 Å². The molecule has 0 unspecified atom stereocenters. The van der Waals surface area contributed by atoms with Gasteiger partial charge in [-0.05, 0) is 0 Å². The van der Waals surface area contributed by atoms with E-state index in [1.54, 1.807) is 0 Å². The van der Waals surface area contributed by atoms with Crippen molar-refractivity contribution in [1.29, 1.82) is 0 Å². The quantitative estimate of drug-likeness (QED) is 0.863. The van der Waals surface area contributed by atoms with Crippen molar-refractivity contribution in [2.75, 3.05) is 14.2 Å². The second-order valence-electron chi connectivity index (χ2n) is 3.17. The Labute approximate surface area is 93.0 Å². The molecule has 0 aliphatic heterocycles. The largest absolute Gasteiger partial charge is 0.490 e. The highest BCUT2D eigenvalue weighted by molar-refractivity contribution is 5.70. The molecule has 0 aliphatic carbocycles. The number of ether oxygens (including phenoxy) is 2. The Balaban J connectivity index is 2.57. The molecule has 0 radical (unpaired) electrons. The van der Waals surface area contributed by atoms with Gasteiger partial charge in [0.1, 0.15) is 0 Å². The lowest BCUT2D eigenvalue weighted by atomic mass is 10.1. The molecule has 1 aromatic carbocycles. The van der Waals surface area contributed by atoms with Crippen LogP contribution < -0.4 is 9.47 Å². The highest BCUT2D eigenvalue weighted by Crippen LogP contribution is 2.47. The van der Waals surface area contributed by atoms with Crippen LogP contribution in [0.25, 0.3) is 11.3 Å². The van der Waals surface area contributed by atoms with Gasteiger partial charge in [-0.3, -0.25) is 0 Å². The lowest BCUT2D eigenvalue weighted by molar-refractivity contribution is 0.299. The molecule has 1 aromatic heterocycles. The van der Waals surface area contributed by atoms with E-state index in [1.165, 1.54) is 14.2 Å². The average Bonchev–Trinajstić information content (AvgIpc) is 2.66. The van der Waals surface area contributed by atoms with Crippen LogP contribution in [0.4, 0.5) is 0 Å². The number of methoxy groups -OCH3 is 2. The molecule has 1 heterocycles. The van der Waals surface area contributed by atoms with E-state index in [-0.39, 0.29) is 11.7 Å². The predicted octanol–water partition coefficient (Wildman–Crippen LogP) is 2.67. The van der Waals surface area contributed by atoms with Gasteiger partial charge in [-0.1, -0.05) is 30.3 Å². The highest BCUT2D eigenvalue weighted by Gasteiger charge is 2.22. The maximum absolute atomic E-state index is 9.53. The van der Waals surface area contributed by atoms with E-state index < -0.39 is 0 Å². The van der Waals surface area contributed by atoms with Crippen LogP contribution in [0.2, 0.25) is 0 Å². The zero-order valence-corrected chi connectivity index (χ0v) is 9.06. The minimum Gasteiger partial charge on any atom is -0.490 e. The third-order valence-corrected chi connectivity index (χ3v) is 2.25. The maximum Gasteiger partial charge on any atom is 0.330 e. The van der Waals surface area contributed by atoms with Gasteiger partial charge in [-0.2, -0.15) is 0 Å². The Morgan fingerprint density at radius 2 is 1.62 bits per heavy atom. The van der Waals surface area contributed by atoms with E-state index in [9.17, 15) is 5.11 Å². The molecular formula is C12H12O4. The van der Waals surface area contributed by atoms with E-state index in [0.29, 0.717) is 11.5 Å². The fourth-order valence-electron chi connectivity index (χ4n) is 1.53. The van der Waals surface area contributed by atoms with Crippen molar-refractivity contribution < 1.29 is 19.0 Å². The van der Waals surface area contributed by atoms with Gasteiger partial charge in [0.05, 0.1) is 14.2 Å². The van der Waals surface area contributed by atoms with Gasteiger partial charge in [0.2, 0.25) is 11.5 Å². The molecule has 0 fully saturated rings. The molecule has 4 heteroatoms. The zero-order valence-electron chi connectivity index (χ0n) is 9.06. The number of hydrogen-bond acceptors (Lipinski definition) is 4. The minimum absolute atomic E-state index is 0.210. The zero-order chi connectivity index (χ0) is 11.5. The second-order valence-corrected chi connectivity index (χ2v) is 3.17. The van der Waals surface area contributed by atoms with Crippen molar-refractivity contribution >= 4 is 0 Å². The lowest BCUT2D eigenvalue weighted by Crippen LogP contribution is -1.88. The van der Waals surface area contributed by atoms with E-state index >= 15 is 0 Å². The van der Waals surface area contributed by atoms with Gasteiger partial charge >= 0.3 is 5.95 Å². The van der Waals surface area contributed by atoms with Crippen molar-refractivity contribution in [1.82, 2.24) is 0 Å². The van der Waals surface area contributed by atoms with Crippen molar-refractivity contribution in [2.45, 2.75) is 0 Å². The summed E-state index contributed by atoms with van der Waals surface area (Å²) in [6.45, 7) is 0. The molecule has 0 amide bonds. The summed E-state index contributed by atoms with van der Waals surface area (Å²) in [6.07, 6.45) is 0. The first kappa shape index (κ1) is 10.4. The number of aromatic hydroxyl groups is 1. The van der Waals surface area contributed by atoms with Crippen LogP contribution in [-0.2, 0) is 0 Å². The molecule has 0 aliphatic rings. The number of furan rings is 1. The van der Waals surface area contributed by atoms with Gasteiger partial charge in [-0.25, -0.2) is 0 Å². The van der Waals surface area contributed by atoms with Crippen molar-refractivity contribution in [3.63, 3.8) is 0 Å². The summed E-state index contributed by atoms with van der Waals surface area (Å²) in [4.78, 5) is 0. The molecule has 1 N–H and O–H groups in total. The van der Waals surface area contributed by atoms with Crippen LogP contribution in [0.3, 0.4) is 0 Å². The lowest BCUT2D eigenvalue weighted by Gasteiger charge is -2.02. The fraction of sp³-hybridized carbons (Fsp3) is 0.167. The van der Waals surface area contributed by atoms with Gasteiger partial charge < -0.3 is 19.0 Å². The molecular weight excluding hydrogens is 208 g/mol. The van der Waals surface area contributed by atoms with Gasteiger partial charge in [-0.15, -0.1) is 0 Å². The summed E-state index contributed by atoms with van der Waals surface area (Å²) in [5, 5.41) is 9.53. The molecule has 0 saturated heterocycles. The molecule has 4 nitrogen and oxygen atoms in total. The van der Waals surface area contributed by atoms with Crippen molar-refractivity contribution in [3.8, 4) is 28.8 Å². The Kier molecular flexibility index (Phi) is 2.72. The molecule has 0 atom stereocenters. The molecule has 16 heavy (non-hydrogen) atoms. The summed E-state index contributed by atoms with van der Waals surface area (Å²) in [6, 6.07) is 9.37. The predicted molar refractivity (Wildman–Crippen MR) is 58.9 cm³/mol. The van der Waals surface area contributed by atoms with E-state index in [4.69, 9.17) is 13.9 Å². The molecule has 0 saturated carbocycles. The van der Waals surface area contributed by atoms with E-state index in [2.05, 4.69) is 0 Å². The summed E-state index contributed by atoms with van der Waals surface area (Å²) in [5.74, 6) is 0.781. The highest BCUT2D eigenvalue weighted by atomic mass is 16.6. The Hall–Kier alpha value is -2.10. The van der Waals surface area contributed by atoms with Crippen molar-refractivity contribution in [2.24, 2.45) is 0 Å². The van der Waals surface area contributed by atoms with Crippen LogP contribution in [0.5, 0.6) is 17.4 Å². The molecule has 0 spiro atoms. The first-order valence-electron chi connectivity index (χ1n) is 4.77. The van der Waals surface area contributed by atoms with Crippen molar-refractivity contribution in [3.05, 3.63) is 30.3 Å². The molecule has 84 valence electrons. The summed E-state index contributed by atoms with van der Waals surface area (Å²) < 4.78 is 15.4. The summed E-state index contributed by atoms with van der Waals surface area (Å²) in [5.41, 5.74) is 0.818. The van der Waals surface area contributed by atoms with E-state index in [1.807, 2.05) is 30.3 Å². The molecule has 2 rings (SSSR count). The Bertz CT molecular complexity index is 473. The van der Waals surface area contributed by atoms with Gasteiger partial charge in [0.15, 0.2) is 5.76 Å². The van der Waals surface area contributed by atoms with Crippen LogP contribution in [0.1, 0.15) is 0 Å². The van der Waals surface area contributed by atoms with Crippen LogP contribution in [-0.4, -0.2) is 19.3 Å². The smallest absolute Gasteiger partial charge is 0.330 e. The standard InChI is InChI=1S/C12H12O4/c1-14-10-9(8-6-4-3-5-7-8)16-12(13)11(10)15-2/h3-7,13H,1-2H3. The minimum atomic E-state index is -0.279. The first-order chi connectivity index (χ1) is 7.77. The SMILES string of the molecule is COc1c(O)oc(-c2ccccc2)c1OC. The van der Waals surface area contributed by atoms with Crippen LogP contribution in [0.15, 0.2) is 34.7 Å². The fourth-order valence-corrected chi connectivity index (χ4v) is 1.53.